The summed E-state index contributed by atoms with van der Waals surface area (Å²) >= 11 is 0. The topological polar surface area (TPSA) is 52.7 Å². The number of likely N-dealkylation sites (tertiary alicyclic amines) is 1. The Morgan fingerprint density at radius 1 is 1.32 bits per heavy atom. The summed E-state index contributed by atoms with van der Waals surface area (Å²) in [5.74, 6) is -0.0366. The number of hydrogen-bond donors (Lipinski definition) is 1. The number of unbranched alkanes of at least 4 members (excludes halogenated alkanes) is 2. The molecule has 0 radical (unpaired) electrons. The largest absolute Gasteiger partial charge is 0.325 e. The number of carbonyl (C=O) groups excluding carboxylic acids is 2. The number of nitrogens with one attached hydrogen (secondary N) is 1. The standard InChI is InChI=1S/C14H25N3O2/c1-4-5-6-8-16-9-7-14(10-16)12(18)17(11(2)3)13(19)15-14/h11H,4-10H2,1-3H3,(H,15,19)/t14-/m1/s1. The predicted molar refractivity (Wildman–Crippen MR) is 73.8 cm³/mol. The average molecular weight is 267 g/mol. The minimum absolute atomic E-state index is 0.0366. The summed E-state index contributed by atoms with van der Waals surface area (Å²) in [7, 11) is 0. The average Bonchev–Trinajstić information content (AvgIpc) is 2.83. The minimum Gasteiger partial charge on any atom is -0.322 e. The molecule has 0 aromatic heterocycles. The lowest BCUT2D eigenvalue weighted by molar-refractivity contribution is -0.132. The second-order valence-electron chi connectivity index (χ2n) is 6.01. The van der Waals surface area contributed by atoms with E-state index in [0.717, 1.165) is 19.5 Å². The second-order valence-corrected chi connectivity index (χ2v) is 6.01. The van der Waals surface area contributed by atoms with Crippen molar-refractivity contribution < 1.29 is 9.59 Å². The highest BCUT2D eigenvalue weighted by Gasteiger charge is 2.54. The van der Waals surface area contributed by atoms with Crippen molar-refractivity contribution in [2.24, 2.45) is 0 Å². The SMILES string of the molecule is CCCCCN1CC[C@]2(C1)NC(=O)N(C(C)C)C2=O. The van der Waals surface area contributed by atoms with E-state index in [0.29, 0.717) is 6.54 Å². The number of urea groups is 1. The summed E-state index contributed by atoms with van der Waals surface area (Å²) in [6.45, 7) is 8.55. The molecule has 1 atom stereocenters. The number of hydrogen-bond acceptors (Lipinski definition) is 3. The third-order valence-corrected chi connectivity index (χ3v) is 4.14. The van der Waals surface area contributed by atoms with Gasteiger partial charge in [-0.15, -0.1) is 0 Å². The van der Waals surface area contributed by atoms with Crippen molar-refractivity contribution in [1.82, 2.24) is 15.1 Å². The van der Waals surface area contributed by atoms with Crippen LogP contribution in [-0.2, 0) is 4.79 Å². The normalized spacial score (nSPS) is 27.9. The van der Waals surface area contributed by atoms with Crippen LogP contribution in [0.3, 0.4) is 0 Å². The summed E-state index contributed by atoms with van der Waals surface area (Å²) in [6.07, 6.45) is 4.34. The molecule has 1 N–H and O–H groups in total. The van der Waals surface area contributed by atoms with Crippen LogP contribution in [0, 0.1) is 0 Å². The molecule has 0 saturated carbocycles. The first-order valence-corrected chi connectivity index (χ1v) is 7.38. The monoisotopic (exact) mass is 267 g/mol. The molecule has 0 unspecified atom stereocenters. The Hall–Kier alpha value is -1.10. The molecule has 3 amide bonds. The van der Waals surface area contributed by atoms with Crippen LogP contribution in [0.4, 0.5) is 4.79 Å². The third-order valence-electron chi connectivity index (χ3n) is 4.14. The smallest absolute Gasteiger partial charge is 0.322 e. The molecular formula is C14H25N3O2. The quantitative estimate of drug-likeness (QED) is 0.608. The molecule has 0 bridgehead atoms. The summed E-state index contributed by atoms with van der Waals surface area (Å²) in [6, 6.07) is -0.295. The van der Waals surface area contributed by atoms with Crippen LogP contribution in [0.15, 0.2) is 0 Å². The maximum Gasteiger partial charge on any atom is 0.325 e. The van der Waals surface area contributed by atoms with Crippen molar-refractivity contribution in [2.75, 3.05) is 19.6 Å². The van der Waals surface area contributed by atoms with Crippen LogP contribution in [-0.4, -0.2) is 53.0 Å². The second kappa shape index (κ2) is 5.49. The molecule has 2 rings (SSSR count). The molecule has 0 aromatic carbocycles. The Bertz CT molecular complexity index is 370. The summed E-state index contributed by atoms with van der Waals surface area (Å²) in [5.41, 5.74) is -0.645. The van der Waals surface area contributed by atoms with E-state index in [9.17, 15) is 9.59 Å². The van der Waals surface area contributed by atoms with Gasteiger partial charge in [0.15, 0.2) is 0 Å². The predicted octanol–water partition coefficient (Wildman–Crippen LogP) is 1.58. The van der Waals surface area contributed by atoms with E-state index in [2.05, 4.69) is 17.1 Å². The highest BCUT2D eigenvalue weighted by atomic mass is 16.2. The van der Waals surface area contributed by atoms with Crippen molar-refractivity contribution in [3.05, 3.63) is 0 Å². The lowest BCUT2D eigenvalue weighted by Gasteiger charge is -2.23. The summed E-state index contributed by atoms with van der Waals surface area (Å²) < 4.78 is 0. The first kappa shape index (κ1) is 14.3. The Morgan fingerprint density at radius 2 is 2.05 bits per heavy atom. The van der Waals surface area contributed by atoms with Crippen molar-refractivity contribution in [2.45, 2.75) is 58.0 Å². The van der Waals surface area contributed by atoms with Gasteiger partial charge in [-0.1, -0.05) is 19.8 Å². The molecule has 2 heterocycles. The highest BCUT2D eigenvalue weighted by molar-refractivity contribution is 6.07. The van der Waals surface area contributed by atoms with Crippen LogP contribution < -0.4 is 5.32 Å². The Morgan fingerprint density at radius 3 is 2.63 bits per heavy atom. The minimum atomic E-state index is -0.645. The Balaban J connectivity index is 1.98. The van der Waals surface area contributed by atoms with E-state index in [1.807, 2.05) is 13.8 Å². The van der Waals surface area contributed by atoms with Crippen molar-refractivity contribution in [3.8, 4) is 0 Å². The number of carbonyl (C=O) groups is 2. The van der Waals surface area contributed by atoms with E-state index in [1.165, 1.54) is 24.2 Å². The number of amides is 3. The van der Waals surface area contributed by atoms with E-state index >= 15 is 0 Å². The zero-order chi connectivity index (χ0) is 14.0. The molecule has 2 saturated heterocycles. The van der Waals surface area contributed by atoms with Crippen LogP contribution in [0.1, 0.15) is 46.5 Å². The lowest BCUT2D eigenvalue weighted by atomic mass is 9.98. The van der Waals surface area contributed by atoms with E-state index in [4.69, 9.17) is 0 Å². The van der Waals surface area contributed by atoms with Crippen LogP contribution >= 0.6 is 0 Å². The maximum absolute atomic E-state index is 12.5. The fourth-order valence-electron chi connectivity index (χ4n) is 3.05. The Kier molecular flexibility index (Phi) is 4.13. The van der Waals surface area contributed by atoms with Crippen molar-refractivity contribution >= 4 is 11.9 Å². The number of imide groups is 1. The molecule has 1 spiro atoms. The van der Waals surface area contributed by atoms with Gasteiger partial charge in [0.05, 0.1) is 0 Å². The van der Waals surface area contributed by atoms with Gasteiger partial charge in [0.2, 0.25) is 0 Å². The molecule has 19 heavy (non-hydrogen) atoms. The molecule has 2 fully saturated rings. The zero-order valence-electron chi connectivity index (χ0n) is 12.2. The highest BCUT2D eigenvalue weighted by Crippen LogP contribution is 2.29. The van der Waals surface area contributed by atoms with Gasteiger partial charge in [-0.3, -0.25) is 9.69 Å². The number of rotatable bonds is 5. The molecule has 5 heteroatoms. The zero-order valence-corrected chi connectivity index (χ0v) is 12.2. The first-order valence-electron chi connectivity index (χ1n) is 7.38. The fraction of sp³-hybridized carbons (Fsp3) is 0.857. The molecule has 2 aliphatic rings. The van der Waals surface area contributed by atoms with Gasteiger partial charge in [-0.25, -0.2) is 4.79 Å². The van der Waals surface area contributed by atoms with E-state index < -0.39 is 5.54 Å². The van der Waals surface area contributed by atoms with Crippen LogP contribution in [0.2, 0.25) is 0 Å². The first-order chi connectivity index (χ1) is 9.00. The Labute approximate surface area is 115 Å². The van der Waals surface area contributed by atoms with Gasteiger partial charge >= 0.3 is 6.03 Å². The summed E-state index contributed by atoms with van der Waals surface area (Å²) in [4.78, 5) is 28.1. The van der Waals surface area contributed by atoms with Gasteiger partial charge in [0, 0.05) is 19.1 Å². The third kappa shape index (κ3) is 2.61. The van der Waals surface area contributed by atoms with Crippen molar-refractivity contribution in [1.29, 1.82) is 0 Å². The molecule has 5 nitrogen and oxygen atoms in total. The van der Waals surface area contributed by atoms with E-state index in [1.54, 1.807) is 0 Å². The molecule has 0 aromatic rings. The lowest BCUT2D eigenvalue weighted by Crippen LogP contribution is -2.49. The molecule has 0 aliphatic carbocycles. The van der Waals surface area contributed by atoms with Gasteiger partial charge in [-0.2, -0.15) is 0 Å². The molecule has 108 valence electrons. The maximum atomic E-state index is 12.5. The number of nitrogens with zero attached hydrogens (tertiary/aromatic N) is 2. The van der Waals surface area contributed by atoms with E-state index in [-0.39, 0.29) is 18.0 Å². The van der Waals surface area contributed by atoms with Gasteiger partial charge in [0.25, 0.3) is 5.91 Å². The molecule has 2 aliphatic heterocycles. The fourth-order valence-corrected chi connectivity index (χ4v) is 3.05. The van der Waals surface area contributed by atoms with Gasteiger partial charge in [0.1, 0.15) is 5.54 Å². The van der Waals surface area contributed by atoms with Gasteiger partial charge in [-0.05, 0) is 33.2 Å². The van der Waals surface area contributed by atoms with Crippen molar-refractivity contribution in [3.63, 3.8) is 0 Å². The van der Waals surface area contributed by atoms with Crippen LogP contribution in [0.25, 0.3) is 0 Å². The van der Waals surface area contributed by atoms with Crippen LogP contribution in [0.5, 0.6) is 0 Å². The van der Waals surface area contributed by atoms with Gasteiger partial charge < -0.3 is 10.2 Å². The molecular weight excluding hydrogens is 242 g/mol. The summed E-state index contributed by atoms with van der Waals surface area (Å²) in [5, 5.41) is 2.93.